The van der Waals surface area contributed by atoms with Crippen molar-refractivity contribution < 1.29 is 0 Å². The van der Waals surface area contributed by atoms with E-state index < -0.39 is 0 Å². The van der Waals surface area contributed by atoms with Crippen molar-refractivity contribution >= 4 is 25.5 Å². The Bertz CT molecular complexity index is 467. The molecule has 0 bridgehead atoms. The van der Waals surface area contributed by atoms with E-state index in [9.17, 15) is 0 Å². The highest BCUT2D eigenvalue weighted by atomic mass is 15.3. The third-order valence-electron chi connectivity index (χ3n) is 1.85. The normalized spacial score (nSPS) is 10.5. The van der Waals surface area contributed by atoms with Crippen LogP contribution in [0.3, 0.4) is 0 Å². The van der Waals surface area contributed by atoms with Crippen molar-refractivity contribution in [3.8, 4) is 0 Å². The Morgan fingerprint density at radius 1 is 1.12 bits per heavy atom. The van der Waals surface area contributed by atoms with Gasteiger partial charge in [-0.1, -0.05) is 35.8 Å². The van der Waals surface area contributed by atoms with Gasteiger partial charge < -0.3 is 0 Å². The molecule has 0 atom stereocenters. The quantitative estimate of drug-likeness (QED) is 0.459. The number of nitrogens with zero attached hydrogens (tertiary/aromatic N) is 3. The predicted octanol–water partition coefficient (Wildman–Crippen LogP) is 0.716. The Labute approximate surface area is 94.9 Å². The fourth-order valence-electron chi connectivity index (χ4n) is 1.10. The van der Waals surface area contributed by atoms with Gasteiger partial charge in [0.05, 0.1) is 6.21 Å². The van der Waals surface area contributed by atoms with Crippen molar-refractivity contribution in [3.05, 3.63) is 48.3 Å². The lowest BCUT2D eigenvalue weighted by Crippen LogP contribution is -2.06. The number of hydrogen-bond donors (Lipinski definition) is 1. The molecule has 0 aliphatic heterocycles. The highest BCUT2D eigenvalue weighted by Crippen LogP contribution is 1.95. The zero-order valence-electron chi connectivity index (χ0n) is 8.54. The summed E-state index contributed by atoms with van der Waals surface area (Å²) in [6.45, 7) is 0. The molecule has 5 heteroatoms. The standard InChI is InChI=1S/C11H9BN4/c12-10-7-13-11(14-8-10)16-15-6-9-4-2-1-3-5-9/h1-8H,(H,13,14,16)/b15-6+. The molecule has 1 aromatic carbocycles. The molecular weight excluding hydrogens is 199 g/mol. The molecule has 76 valence electrons. The van der Waals surface area contributed by atoms with Gasteiger partial charge in [-0.25, -0.2) is 15.4 Å². The Balaban J connectivity index is 1.97. The van der Waals surface area contributed by atoms with E-state index in [0.29, 0.717) is 11.4 Å². The maximum Gasteiger partial charge on any atom is 0.243 e. The fraction of sp³-hybridized carbons (Fsp3) is 0. The van der Waals surface area contributed by atoms with E-state index in [2.05, 4.69) is 20.5 Å². The second-order valence-electron chi connectivity index (χ2n) is 3.12. The molecule has 2 aromatic rings. The molecule has 0 unspecified atom stereocenters. The molecule has 0 saturated heterocycles. The first-order valence-electron chi connectivity index (χ1n) is 4.76. The summed E-state index contributed by atoms with van der Waals surface area (Å²) >= 11 is 0. The third kappa shape index (κ3) is 2.91. The number of rotatable bonds is 3. The average Bonchev–Trinajstić information content (AvgIpc) is 2.33. The monoisotopic (exact) mass is 208 g/mol. The minimum atomic E-state index is 0.418. The van der Waals surface area contributed by atoms with Crippen LogP contribution in [0.1, 0.15) is 5.56 Å². The van der Waals surface area contributed by atoms with E-state index in [0.717, 1.165) is 5.56 Å². The maximum absolute atomic E-state index is 5.46. The number of nitrogens with one attached hydrogen (secondary N) is 1. The zero-order chi connectivity index (χ0) is 11.2. The largest absolute Gasteiger partial charge is 0.245 e. The first-order valence-corrected chi connectivity index (χ1v) is 4.76. The van der Waals surface area contributed by atoms with E-state index in [1.807, 2.05) is 30.3 Å². The molecule has 0 fully saturated rings. The molecule has 0 aliphatic rings. The minimum absolute atomic E-state index is 0.418. The fourth-order valence-corrected chi connectivity index (χ4v) is 1.10. The van der Waals surface area contributed by atoms with Gasteiger partial charge in [0, 0.05) is 12.4 Å². The molecule has 1 aromatic heterocycles. The average molecular weight is 208 g/mol. The Kier molecular flexibility index (Phi) is 3.28. The molecule has 0 spiro atoms. The topological polar surface area (TPSA) is 50.2 Å². The first-order chi connectivity index (χ1) is 7.84. The molecule has 2 radical (unpaired) electrons. The Hall–Kier alpha value is -2.17. The second kappa shape index (κ2) is 5.07. The maximum atomic E-state index is 5.46. The zero-order valence-corrected chi connectivity index (χ0v) is 8.54. The Morgan fingerprint density at radius 3 is 2.50 bits per heavy atom. The highest BCUT2D eigenvalue weighted by molar-refractivity contribution is 6.31. The lowest BCUT2D eigenvalue weighted by molar-refractivity contribution is 1.13. The molecule has 0 aliphatic carbocycles. The number of aromatic nitrogens is 2. The van der Waals surface area contributed by atoms with E-state index in [1.54, 1.807) is 6.21 Å². The van der Waals surface area contributed by atoms with E-state index in [1.165, 1.54) is 12.4 Å². The molecular formula is C11H9BN4. The highest BCUT2D eigenvalue weighted by Gasteiger charge is 1.90. The van der Waals surface area contributed by atoms with Crippen molar-refractivity contribution in [1.82, 2.24) is 9.97 Å². The third-order valence-corrected chi connectivity index (χ3v) is 1.85. The first kappa shape index (κ1) is 10.4. The van der Waals surface area contributed by atoms with Gasteiger partial charge in [-0.2, -0.15) is 5.10 Å². The van der Waals surface area contributed by atoms with Crippen LogP contribution in [0, 0.1) is 0 Å². The van der Waals surface area contributed by atoms with Gasteiger partial charge in [0.15, 0.2) is 0 Å². The van der Waals surface area contributed by atoms with Crippen LogP contribution in [-0.2, 0) is 0 Å². The molecule has 0 amide bonds. The minimum Gasteiger partial charge on any atom is -0.245 e. The second-order valence-corrected chi connectivity index (χ2v) is 3.12. The Morgan fingerprint density at radius 2 is 1.81 bits per heavy atom. The van der Waals surface area contributed by atoms with Gasteiger partial charge >= 0.3 is 0 Å². The summed E-state index contributed by atoms with van der Waals surface area (Å²) in [6.07, 6.45) is 4.74. The molecule has 16 heavy (non-hydrogen) atoms. The van der Waals surface area contributed by atoms with Crippen LogP contribution in [0.15, 0.2) is 47.8 Å². The summed E-state index contributed by atoms with van der Waals surface area (Å²) in [5.74, 6) is 0.418. The van der Waals surface area contributed by atoms with Gasteiger partial charge in [0.2, 0.25) is 5.95 Å². The molecule has 2 rings (SSSR count). The van der Waals surface area contributed by atoms with Crippen LogP contribution in [0.2, 0.25) is 0 Å². The summed E-state index contributed by atoms with van der Waals surface area (Å²) in [4.78, 5) is 7.90. The van der Waals surface area contributed by atoms with Crippen LogP contribution in [-0.4, -0.2) is 24.0 Å². The van der Waals surface area contributed by atoms with Gasteiger partial charge in [0.25, 0.3) is 0 Å². The van der Waals surface area contributed by atoms with Gasteiger partial charge in [0.1, 0.15) is 7.85 Å². The van der Waals surface area contributed by atoms with Crippen LogP contribution in [0.4, 0.5) is 5.95 Å². The van der Waals surface area contributed by atoms with E-state index in [-0.39, 0.29) is 0 Å². The van der Waals surface area contributed by atoms with E-state index >= 15 is 0 Å². The number of anilines is 1. The summed E-state index contributed by atoms with van der Waals surface area (Å²) in [5.41, 5.74) is 4.24. The van der Waals surface area contributed by atoms with Crippen molar-refractivity contribution in [2.45, 2.75) is 0 Å². The van der Waals surface area contributed by atoms with Crippen LogP contribution in [0.5, 0.6) is 0 Å². The lowest BCUT2D eigenvalue weighted by Gasteiger charge is -1.97. The van der Waals surface area contributed by atoms with Gasteiger partial charge in [-0.3, -0.25) is 0 Å². The van der Waals surface area contributed by atoms with Crippen molar-refractivity contribution in [2.24, 2.45) is 5.10 Å². The van der Waals surface area contributed by atoms with Crippen molar-refractivity contribution in [2.75, 3.05) is 5.43 Å². The van der Waals surface area contributed by atoms with Crippen molar-refractivity contribution in [1.29, 1.82) is 0 Å². The SMILES string of the molecule is [B]c1cnc(N/N=C/c2ccccc2)nc1. The van der Waals surface area contributed by atoms with Crippen LogP contribution < -0.4 is 10.9 Å². The summed E-state index contributed by atoms with van der Waals surface area (Å²) in [6, 6.07) is 9.75. The molecule has 4 nitrogen and oxygen atoms in total. The molecule has 0 saturated carbocycles. The predicted molar refractivity (Wildman–Crippen MR) is 65.1 cm³/mol. The summed E-state index contributed by atoms with van der Waals surface area (Å²) in [7, 11) is 5.46. The number of benzene rings is 1. The lowest BCUT2D eigenvalue weighted by atomic mass is 10.0. The number of hydrogen-bond acceptors (Lipinski definition) is 4. The summed E-state index contributed by atoms with van der Waals surface area (Å²) in [5, 5.41) is 4.00. The van der Waals surface area contributed by atoms with Gasteiger partial charge in [-0.05, 0) is 5.56 Å². The molecule has 1 N–H and O–H groups in total. The van der Waals surface area contributed by atoms with Gasteiger partial charge in [-0.15, -0.1) is 0 Å². The van der Waals surface area contributed by atoms with Crippen LogP contribution in [0.25, 0.3) is 0 Å². The van der Waals surface area contributed by atoms with E-state index in [4.69, 9.17) is 7.85 Å². The number of hydrazone groups is 1. The van der Waals surface area contributed by atoms with Crippen molar-refractivity contribution in [3.63, 3.8) is 0 Å². The smallest absolute Gasteiger partial charge is 0.243 e. The molecule has 1 heterocycles. The van der Waals surface area contributed by atoms with Crippen LogP contribution >= 0.6 is 0 Å². The summed E-state index contributed by atoms with van der Waals surface area (Å²) < 4.78 is 0.